The zero-order chi connectivity index (χ0) is 13.2. The summed E-state index contributed by atoms with van der Waals surface area (Å²) in [4.78, 5) is 4.08. The van der Waals surface area contributed by atoms with Crippen LogP contribution >= 0.6 is 27.5 Å². The van der Waals surface area contributed by atoms with Crippen LogP contribution in [0.3, 0.4) is 0 Å². The molecule has 0 spiro atoms. The van der Waals surface area contributed by atoms with Crippen molar-refractivity contribution in [3.05, 3.63) is 57.8 Å². The van der Waals surface area contributed by atoms with E-state index < -0.39 is 0 Å². The molecule has 1 saturated carbocycles. The van der Waals surface area contributed by atoms with Crippen LogP contribution in [-0.2, 0) is 0 Å². The number of hydrogen-bond donors (Lipinski definition) is 1. The summed E-state index contributed by atoms with van der Waals surface area (Å²) in [5, 5.41) is 4.02. The summed E-state index contributed by atoms with van der Waals surface area (Å²) in [6.07, 6.45) is 4.13. The molecule has 4 heteroatoms. The Kier molecular flexibility index (Phi) is 3.76. The molecule has 0 bridgehead atoms. The second kappa shape index (κ2) is 5.51. The van der Waals surface area contributed by atoms with Crippen LogP contribution in [0, 0.1) is 0 Å². The van der Waals surface area contributed by atoms with E-state index in [1.807, 2.05) is 12.1 Å². The van der Waals surface area contributed by atoms with E-state index in [9.17, 15) is 0 Å². The zero-order valence-electron chi connectivity index (χ0n) is 10.3. The minimum atomic E-state index is 0.534. The third-order valence-corrected chi connectivity index (χ3v) is 4.33. The molecule has 1 N–H and O–H groups in total. The van der Waals surface area contributed by atoms with Crippen LogP contribution in [0.2, 0.25) is 5.15 Å². The largest absolute Gasteiger partial charge is 0.381 e. The second-order valence-corrected chi connectivity index (χ2v) is 6.23. The van der Waals surface area contributed by atoms with E-state index in [4.69, 9.17) is 11.6 Å². The first-order valence-electron chi connectivity index (χ1n) is 6.34. The van der Waals surface area contributed by atoms with E-state index in [1.54, 1.807) is 6.20 Å². The van der Waals surface area contributed by atoms with E-state index in [0.717, 1.165) is 10.2 Å². The van der Waals surface area contributed by atoms with Crippen LogP contribution < -0.4 is 5.32 Å². The Bertz CT molecular complexity index is 547. The molecule has 1 fully saturated rings. The fourth-order valence-electron chi connectivity index (χ4n) is 2.44. The van der Waals surface area contributed by atoms with Crippen molar-refractivity contribution in [2.24, 2.45) is 0 Å². The quantitative estimate of drug-likeness (QED) is 0.809. The van der Waals surface area contributed by atoms with Crippen molar-refractivity contribution >= 4 is 33.2 Å². The van der Waals surface area contributed by atoms with Crippen LogP contribution in [0.25, 0.3) is 0 Å². The molecular weight excluding hydrogens is 324 g/mol. The highest BCUT2D eigenvalue weighted by molar-refractivity contribution is 9.10. The maximum Gasteiger partial charge on any atom is 0.129 e. The first-order chi connectivity index (χ1) is 9.20. The van der Waals surface area contributed by atoms with Gasteiger partial charge in [-0.15, -0.1) is 0 Å². The number of halogens is 2. The molecule has 1 aromatic heterocycles. The van der Waals surface area contributed by atoms with Gasteiger partial charge in [-0.3, -0.25) is 0 Å². The van der Waals surface area contributed by atoms with Gasteiger partial charge in [0.25, 0.3) is 0 Å². The topological polar surface area (TPSA) is 24.9 Å². The van der Waals surface area contributed by atoms with Crippen molar-refractivity contribution in [1.29, 1.82) is 0 Å². The Morgan fingerprint density at radius 2 is 1.84 bits per heavy atom. The summed E-state index contributed by atoms with van der Waals surface area (Å²) in [7, 11) is 0. The van der Waals surface area contributed by atoms with Gasteiger partial charge in [-0.05, 0) is 48.6 Å². The van der Waals surface area contributed by atoms with Gasteiger partial charge < -0.3 is 5.32 Å². The van der Waals surface area contributed by atoms with E-state index in [-0.39, 0.29) is 0 Å². The highest BCUT2D eigenvalue weighted by Gasteiger charge is 2.30. The first-order valence-corrected chi connectivity index (χ1v) is 7.51. The van der Waals surface area contributed by atoms with Crippen molar-refractivity contribution in [3.63, 3.8) is 0 Å². The molecule has 0 radical (unpaired) electrons. The maximum absolute atomic E-state index is 5.77. The number of aromatic nitrogens is 1. The molecular formula is C15H14BrClN2. The van der Waals surface area contributed by atoms with Crippen LogP contribution in [0.15, 0.2) is 47.1 Å². The lowest BCUT2D eigenvalue weighted by Crippen LogP contribution is -2.33. The number of hydrogen-bond acceptors (Lipinski definition) is 2. The first kappa shape index (κ1) is 12.9. The third kappa shape index (κ3) is 3.10. The van der Waals surface area contributed by atoms with Crippen molar-refractivity contribution in [1.82, 2.24) is 4.98 Å². The number of benzene rings is 1. The molecule has 0 amide bonds. The van der Waals surface area contributed by atoms with Crippen LogP contribution in [0.4, 0.5) is 5.69 Å². The lowest BCUT2D eigenvalue weighted by atomic mass is 9.76. The normalized spacial score (nSPS) is 21.8. The summed E-state index contributed by atoms with van der Waals surface area (Å²) in [6, 6.07) is 13.0. The van der Waals surface area contributed by atoms with E-state index in [1.165, 1.54) is 18.4 Å². The SMILES string of the molecule is Clc1ccc(NC2CC(c3ccc(Br)cc3)C2)cn1. The molecule has 2 nitrogen and oxygen atoms in total. The Labute approximate surface area is 126 Å². The molecule has 98 valence electrons. The van der Waals surface area contributed by atoms with Gasteiger partial charge in [0.1, 0.15) is 5.15 Å². The van der Waals surface area contributed by atoms with E-state index >= 15 is 0 Å². The van der Waals surface area contributed by atoms with Gasteiger partial charge in [-0.2, -0.15) is 0 Å². The number of pyridine rings is 1. The fraction of sp³-hybridized carbons (Fsp3) is 0.267. The Morgan fingerprint density at radius 3 is 2.47 bits per heavy atom. The Balaban J connectivity index is 1.55. The monoisotopic (exact) mass is 336 g/mol. The molecule has 0 unspecified atom stereocenters. The molecule has 1 aromatic carbocycles. The molecule has 0 atom stereocenters. The lowest BCUT2D eigenvalue weighted by Gasteiger charge is -2.36. The summed E-state index contributed by atoms with van der Waals surface area (Å²) in [6.45, 7) is 0. The van der Waals surface area contributed by atoms with Gasteiger partial charge in [0.15, 0.2) is 0 Å². The second-order valence-electron chi connectivity index (χ2n) is 4.93. The van der Waals surface area contributed by atoms with Gasteiger partial charge in [0, 0.05) is 10.5 Å². The highest BCUT2D eigenvalue weighted by atomic mass is 79.9. The third-order valence-electron chi connectivity index (χ3n) is 3.58. The number of rotatable bonds is 3. The summed E-state index contributed by atoms with van der Waals surface area (Å²) in [5.74, 6) is 0.672. The average Bonchev–Trinajstić information content (AvgIpc) is 2.37. The van der Waals surface area contributed by atoms with Gasteiger partial charge in [-0.1, -0.05) is 39.7 Å². The molecule has 1 heterocycles. The highest BCUT2D eigenvalue weighted by Crippen LogP contribution is 2.38. The molecule has 3 rings (SSSR count). The summed E-state index contributed by atoms with van der Waals surface area (Å²) in [5.41, 5.74) is 2.47. The Morgan fingerprint density at radius 1 is 1.11 bits per heavy atom. The van der Waals surface area contributed by atoms with Gasteiger partial charge >= 0.3 is 0 Å². The standard InChI is InChI=1S/C15H14BrClN2/c16-12-3-1-10(2-4-12)11-7-14(8-11)19-13-5-6-15(17)18-9-13/h1-6,9,11,14,19H,7-8H2. The fourth-order valence-corrected chi connectivity index (χ4v) is 2.82. The molecule has 0 aliphatic heterocycles. The lowest BCUT2D eigenvalue weighted by molar-refractivity contribution is 0.374. The molecule has 0 saturated heterocycles. The molecule has 2 aromatic rings. The van der Waals surface area contributed by atoms with Crippen molar-refractivity contribution in [2.75, 3.05) is 5.32 Å². The average molecular weight is 338 g/mol. The minimum absolute atomic E-state index is 0.534. The van der Waals surface area contributed by atoms with Gasteiger partial charge in [0.2, 0.25) is 0 Å². The number of nitrogens with one attached hydrogen (secondary N) is 1. The predicted molar refractivity (Wildman–Crippen MR) is 82.8 cm³/mol. The zero-order valence-corrected chi connectivity index (χ0v) is 12.7. The van der Waals surface area contributed by atoms with Crippen molar-refractivity contribution in [3.8, 4) is 0 Å². The molecule has 1 aliphatic rings. The van der Waals surface area contributed by atoms with Crippen LogP contribution in [0.1, 0.15) is 24.3 Å². The van der Waals surface area contributed by atoms with Crippen LogP contribution in [-0.4, -0.2) is 11.0 Å². The van der Waals surface area contributed by atoms with Crippen LogP contribution in [0.5, 0.6) is 0 Å². The van der Waals surface area contributed by atoms with E-state index in [2.05, 4.69) is 50.5 Å². The smallest absolute Gasteiger partial charge is 0.129 e. The van der Waals surface area contributed by atoms with Gasteiger partial charge in [-0.25, -0.2) is 4.98 Å². The van der Waals surface area contributed by atoms with E-state index in [0.29, 0.717) is 17.1 Å². The predicted octanol–water partition coefficient (Wildman–Crippen LogP) is 4.86. The maximum atomic E-state index is 5.77. The number of anilines is 1. The summed E-state index contributed by atoms with van der Waals surface area (Å²) >= 11 is 9.24. The van der Waals surface area contributed by atoms with Gasteiger partial charge in [0.05, 0.1) is 11.9 Å². The Hall–Kier alpha value is -1.06. The molecule has 19 heavy (non-hydrogen) atoms. The number of nitrogens with zero attached hydrogens (tertiary/aromatic N) is 1. The summed E-state index contributed by atoms with van der Waals surface area (Å²) < 4.78 is 1.14. The minimum Gasteiger partial charge on any atom is -0.381 e. The van der Waals surface area contributed by atoms with Crippen molar-refractivity contribution in [2.45, 2.75) is 24.8 Å². The molecule has 1 aliphatic carbocycles. The van der Waals surface area contributed by atoms with Crippen molar-refractivity contribution < 1.29 is 0 Å².